The number of unbranched alkanes of at least 4 members (excludes halogenated alkanes) is 6. The highest BCUT2D eigenvalue weighted by Gasteiger charge is 2.03. The summed E-state index contributed by atoms with van der Waals surface area (Å²) in [4.78, 5) is 10.3. The second kappa shape index (κ2) is 14.3. The number of azo groups is 2. The molecule has 0 unspecified atom stereocenters. The number of nitro groups is 1. The van der Waals surface area contributed by atoms with E-state index in [1.165, 1.54) is 50.7 Å². The fourth-order valence-corrected chi connectivity index (χ4v) is 3.32. The summed E-state index contributed by atoms with van der Waals surface area (Å²) >= 11 is 0. The third-order valence-corrected chi connectivity index (χ3v) is 5.33. The van der Waals surface area contributed by atoms with Crippen LogP contribution in [0.15, 0.2) is 93.3 Å². The van der Waals surface area contributed by atoms with Crippen LogP contribution in [0.5, 0.6) is 5.75 Å². The standard InChI is InChI=1S/C27H31N5O3/c1-2-3-4-5-6-7-8-21-35-27-19-15-25(16-20-27)31-29-23-11-9-22(10-12-23)28-30-24-13-17-26(18-14-24)32(33)34/h9-20H,2-8,21H2,1H3. The summed E-state index contributed by atoms with van der Waals surface area (Å²) in [6, 6.07) is 20.7. The highest BCUT2D eigenvalue weighted by Crippen LogP contribution is 2.25. The highest BCUT2D eigenvalue weighted by molar-refractivity contribution is 5.49. The SMILES string of the molecule is CCCCCCCCCOc1ccc(N=Nc2ccc(N=Nc3ccc([N+](=O)[O-])cc3)cc2)cc1. The van der Waals surface area contributed by atoms with Gasteiger partial charge in [0.15, 0.2) is 0 Å². The Morgan fingerprint density at radius 1 is 0.629 bits per heavy atom. The quantitative estimate of drug-likeness (QED) is 0.101. The summed E-state index contributed by atoms with van der Waals surface area (Å²) in [7, 11) is 0. The third-order valence-electron chi connectivity index (χ3n) is 5.33. The van der Waals surface area contributed by atoms with Crippen molar-refractivity contribution in [3.8, 4) is 5.75 Å². The second-order valence-corrected chi connectivity index (χ2v) is 8.15. The molecule has 0 aliphatic rings. The molecule has 0 heterocycles. The Morgan fingerprint density at radius 3 is 1.49 bits per heavy atom. The Kier molecular flexibility index (Phi) is 10.5. The molecule has 0 fully saturated rings. The minimum atomic E-state index is -0.450. The minimum absolute atomic E-state index is 0.0179. The van der Waals surface area contributed by atoms with Crippen molar-refractivity contribution >= 4 is 28.4 Å². The number of non-ortho nitro benzene ring substituents is 1. The van der Waals surface area contributed by atoms with Gasteiger partial charge in [0.25, 0.3) is 5.69 Å². The zero-order valence-electron chi connectivity index (χ0n) is 20.0. The second-order valence-electron chi connectivity index (χ2n) is 8.15. The van der Waals surface area contributed by atoms with Crippen molar-refractivity contribution in [2.75, 3.05) is 6.61 Å². The fraction of sp³-hybridized carbons (Fsp3) is 0.333. The van der Waals surface area contributed by atoms with Gasteiger partial charge in [0.1, 0.15) is 5.75 Å². The van der Waals surface area contributed by atoms with Gasteiger partial charge in [-0.1, -0.05) is 45.4 Å². The van der Waals surface area contributed by atoms with Gasteiger partial charge in [-0.15, -0.1) is 0 Å². The first-order chi connectivity index (χ1) is 17.1. The zero-order valence-corrected chi connectivity index (χ0v) is 20.0. The average molecular weight is 474 g/mol. The lowest BCUT2D eigenvalue weighted by Crippen LogP contribution is -1.96. The molecule has 3 aromatic rings. The molecule has 0 saturated carbocycles. The molecule has 0 aliphatic carbocycles. The van der Waals surface area contributed by atoms with Gasteiger partial charge in [-0.25, -0.2) is 0 Å². The van der Waals surface area contributed by atoms with E-state index in [1.54, 1.807) is 36.4 Å². The van der Waals surface area contributed by atoms with E-state index in [0.717, 1.165) is 24.5 Å². The maximum absolute atomic E-state index is 10.7. The van der Waals surface area contributed by atoms with Crippen LogP contribution in [0.3, 0.4) is 0 Å². The fourth-order valence-electron chi connectivity index (χ4n) is 3.32. The van der Waals surface area contributed by atoms with Crippen LogP contribution < -0.4 is 4.74 Å². The van der Waals surface area contributed by atoms with Crippen molar-refractivity contribution in [3.63, 3.8) is 0 Å². The van der Waals surface area contributed by atoms with E-state index in [2.05, 4.69) is 27.4 Å². The number of ether oxygens (including phenoxy) is 1. The Morgan fingerprint density at radius 2 is 1.03 bits per heavy atom. The van der Waals surface area contributed by atoms with Gasteiger partial charge in [0.2, 0.25) is 0 Å². The Hall–Kier alpha value is -3.94. The molecule has 0 aromatic heterocycles. The number of nitrogens with zero attached hydrogens (tertiary/aromatic N) is 5. The van der Waals surface area contributed by atoms with Gasteiger partial charge in [0.05, 0.1) is 34.3 Å². The monoisotopic (exact) mass is 473 g/mol. The number of hydrogen-bond acceptors (Lipinski definition) is 7. The Balaban J connectivity index is 1.42. The van der Waals surface area contributed by atoms with E-state index in [4.69, 9.17) is 4.74 Å². The Bertz CT molecular complexity index is 1100. The van der Waals surface area contributed by atoms with E-state index in [9.17, 15) is 10.1 Å². The zero-order chi connectivity index (χ0) is 24.7. The van der Waals surface area contributed by atoms with E-state index in [0.29, 0.717) is 17.1 Å². The molecule has 8 heteroatoms. The summed E-state index contributed by atoms with van der Waals surface area (Å²) in [6.45, 7) is 2.98. The average Bonchev–Trinajstić information content (AvgIpc) is 2.89. The molecule has 0 aliphatic heterocycles. The summed E-state index contributed by atoms with van der Waals surface area (Å²) in [6.07, 6.45) is 8.86. The van der Waals surface area contributed by atoms with Gasteiger partial charge in [0, 0.05) is 12.1 Å². The molecule has 0 spiro atoms. The van der Waals surface area contributed by atoms with Crippen LogP contribution in [-0.4, -0.2) is 11.5 Å². The highest BCUT2D eigenvalue weighted by atomic mass is 16.6. The number of benzene rings is 3. The lowest BCUT2D eigenvalue weighted by Gasteiger charge is -2.06. The number of rotatable bonds is 14. The molecule has 8 nitrogen and oxygen atoms in total. The van der Waals surface area contributed by atoms with Crippen LogP contribution in [-0.2, 0) is 0 Å². The molecule has 3 rings (SSSR count). The van der Waals surface area contributed by atoms with E-state index >= 15 is 0 Å². The van der Waals surface area contributed by atoms with Gasteiger partial charge < -0.3 is 4.74 Å². The molecule has 182 valence electrons. The van der Waals surface area contributed by atoms with Crippen molar-refractivity contribution in [1.29, 1.82) is 0 Å². The third kappa shape index (κ3) is 9.44. The summed E-state index contributed by atoms with van der Waals surface area (Å²) in [5, 5.41) is 27.5. The van der Waals surface area contributed by atoms with E-state index in [-0.39, 0.29) is 5.69 Å². The van der Waals surface area contributed by atoms with E-state index in [1.807, 2.05) is 24.3 Å². The maximum atomic E-state index is 10.7. The molecule has 0 amide bonds. The molecule has 0 N–H and O–H groups in total. The van der Waals surface area contributed by atoms with Crippen LogP contribution >= 0.6 is 0 Å². The van der Waals surface area contributed by atoms with Crippen molar-refractivity contribution in [2.24, 2.45) is 20.5 Å². The normalized spacial score (nSPS) is 11.3. The molecule has 0 bridgehead atoms. The van der Waals surface area contributed by atoms with Crippen molar-refractivity contribution in [2.45, 2.75) is 51.9 Å². The van der Waals surface area contributed by atoms with Crippen molar-refractivity contribution in [3.05, 3.63) is 82.9 Å². The van der Waals surface area contributed by atoms with Crippen LogP contribution in [0.25, 0.3) is 0 Å². The molecular weight excluding hydrogens is 442 g/mol. The first-order valence-corrected chi connectivity index (χ1v) is 12.0. The van der Waals surface area contributed by atoms with Gasteiger partial charge in [-0.3, -0.25) is 10.1 Å². The van der Waals surface area contributed by atoms with Crippen molar-refractivity contribution < 1.29 is 9.66 Å². The predicted molar refractivity (Wildman–Crippen MR) is 138 cm³/mol. The molecule has 0 saturated heterocycles. The lowest BCUT2D eigenvalue weighted by molar-refractivity contribution is -0.384. The largest absolute Gasteiger partial charge is 0.494 e. The first kappa shape index (κ1) is 25.7. The molecule has 3 aromatic carbocycles. The lowest BCUT2D eigenvalue weighted by atomic mass is 10.1. The minimum Gasteiger partial charge on any atom is -0.494 e. The summed E-state index contributed by atoms with van der Waals surface area (Å²) in [5.41, 5.74) is 2.64. The van der Waals surface area contributed by atoms with Crippen LogP contribution in [0.2, 0.25) is 0 Å². The van der Waals surface area contributed by atoms with Gasteiger partial charge >= 0.3 is 0 Å². The predicted octanol–water partition coefficient (Wildman–Crippen LogP) is 9.55. The molecule has 0 atom stereocenters. The Labute approximate surface area is 205 Å². The van der Waals surface area contributed by atoms with Gasteiger partial charge in [-0.2, -0.15) is 20.5 Å². The smallest absolute Gasteiger partial charge is 0.269 e. The first-order valence-electron chi connectivity index (χ1n) is 12.0. The molecular formula is C27H31N5O3. The van der Waals surface area contributed by atoms with Gasteiger partial charge in [-0.05, 0) is 67.1 Å². The number of hydrogen-bond donors (Lipinski definition) is 0. The maximum Gasteiger partial charge on any atom is 0.269 e. The summed E-state index contributed by atoms with van der Waals surface area (Å²) in [5.74, 6) is 0.845. The molecule has 35 heavy (non-hydrogen) atoms. The van der Waals surface area contributed by atoms with Crippen LogP contribution in [0, 0.1) is 10.1 Å². The van der Waals surface area contributed by atoms with E-state index < -0.39 is 4.92 Å². The number of nitro benzene ring substituents is 1. The molecule has 0 radical (unpaired) electrons. The van der Waals surface area contributed by atoms with Crippen LogP contribution in [0.1, 0.15) is 51.9 Å². The van der Waals surface area contributed by atoms with Crippen molar-refractivity contribution in [1.82, 2.24) is 0 Å². The van der Waals surface area contributed by atoms with Crippen LogP contribution in [0.4, 0.5) is 28.4 Å². The summed E-state index contributed by atoms with van der Waals surface area (Å²) < 4.78 is 5.81. The topological polar surface area (TPSA) is 102 Å².